The van der Waals surface area contributed by atoms with Crippen LogP contribution in [0.15, 0.2) is 51.6 Å². The SMILES string of the molecule is CCOC(=O)COc1c(Br)cc(/C=C2\N=C(c3cccc([N+](=O)[O-])c3)OC2=O)cc1OCC. The van der Waals surface area contributed by atoms with Crippen LogP contribution in [0.1, 0.15) is 25.0 Å². The van der Waals surface area contributed by atoms with E-state index >= 15 is 0 Å². The number of carbonyl (C=O) groups is 2. The normalized spacial score (nSPS) is 14.0. The lowest BCUT2D eigenvalue weighted by Crippen LogP contribution is -2.15. The number of aliphatic imine (C=N–C) groups is 1. The molecule has 1 aliphatic heterocycles. The monoisotopic (exact) mass is 518 g/mol. The van der Waals surface area contributed by atoms with E-state index in [4.69, 9.17) is 18.9 Å². The number of nitrogens with zero attached hydrogens (tertiary/aromatic N) is 2. The van der Waals surface area contributed by atoms with E-state index in [1.165, 1.54) is 24.3 Å². The molecule has 0 saturated heterocycles. The predicted octanol–water partition coefficient (Wildman–Crippen LogP) is 4.04. The summed E-state index contributed by atoms with van der Waals surface area (Å²) in [5.41, 5.74) is 0.711. The molecule has 0 amide bonds. The topological polar surface area (TPSA) is 127 Å². The average molecular weight is 519 g/mol. The Morgan fingerprint density at radius 3 is 2.70 bits per heavy atom. The molecule has 1 aliphatic rings. The number of hydrogen-bond donors (Lipinski definition) is 0. The van der Waals surface area contributed by atoms with Crippen molar-refractivity contribution < 1.29 is 33.5 Å². The van der Waals surface area contributed by atoms with Crippen molar-refractivity contribution in [3.63, 3.8) is 0 Å². The molecule has 0 radical (unpaired) electrons. The molecule has 1 heterocycles. The number of esters is 2. The van der Waals surface area contributed by atoms with E-state index in [9.17, 15) is 19.7 Å². The standard InChI is InChI=1S/C22H19BrN2O8/c1-3-30-18-10-13(8-16(23)20(18)32-12-19(26)31-4-2)9-17-22(27)33-21(24-17)14-6-5-7-15(11-14)25(28)29/h5-11H,3-4,12H2,1-2H3/b17-9-. The molecular weight excluding hydrogens is 500 g/mol. The Labute approximate surface area is 197 Å². The second-order valence-electron chi connectivity index (χ2n) is 6.50. The third-order valence-electron chi connectivity index (χ3n) is 4.20. The second-order valence-corrected chi connectivity index (χ2v) is 7.35. The van der Waals surface area contributed by atoms with Crippen molar-refractivity contribution in [2.45, 2.75) is 13.8 Å². The lowest BCUT2D eigenvalue weighted by Gasteiger charge is -2.14. The lowest BCUT2D eigenvalue weighted by atomic mass is 10.1. The molecule has 0 saturated carbocycles. The molecule has 0 fully saturated rings. The largest absolute Gasteiger partial charge is 0.490 e. The van der Waals surface area contributed by atoms with Crippen LogP contribution in [-0.4, -0.2) is 42.6 Å². The first-order valence-corrected chi connectivity index (χ1v) is 10.6. The second kappa shape index (κ2) is 10.7. The summed E-state index contributed by atoms with van der Waals surface area (Å²) in [6.45, 7) is 3.76. The highest BCUT2D eigenvalue weighted by Gasteiger charge is 2.25. The average Bonchev–Trinajstić information content (AvgIpc) is 3.14. The van der Waals surface area contributed by atoms with E-state index in [1.54, 1.807) is 32.0 Å². The van der Waals surface area contributed by atoms with E-state index in [0.717, 1.165) is 0 Å². The summed E-state index contributed by atoms with van der Waals surface area (Å²) < 4.78 is 21.7. The van der Waals surface area contributed by atoms with Gasteiger partial charge in [-0.3, -0.25) is 10.1 Å². The molecule has 2 aromatic carbocycles. The van der Waals surface area contributed by atoms with Crippen molar-refractivity contribution >= 4 is 45.5 Å². The van der Waals surface area contributed by atoms with Crippen molar-refractivity contribution in [2.24, 2.45) is 4.99 Å². The molecule has 10 nitrogen and oxygen atoms in total. The molecule has 0 bridgehead atoms. The number of halogens is 1. The summed E-state index contributed by atoms with van der Waals surface area (Å²) in [5, 5.41) is 11.0. The molecule has 0 atom stereocenters. The molecule has 11 heteroatoms. The van der Waals surface area contributed by atoms with E-state index in [-0.39, 0.29) is 30.5 Å². The fraction of sp³-hybridized carbons (Fsp3) is 0.227. The van der Waals surface area contributed by atoms with Gasteiger partial charge in [-0.2, -0.15) is 0 Å². The van der Waals surface area contributed by atoms with Gasteiger partial charge in [0.2, 0.25) is 5.90 Å². The minimum absolute atomic E-state index is 0.00560. The Balaban J connectivity index is 1.90. The van der Waals surface area contributed by atoms with E-state index < -0.39 is 16.9 Å². The summed E-state index contributed by atoms with van der Waals surface area (Å²) in [6, 6.07) is 8.91. The van der Waals surface area contributed by atoms with Gasteiger partial charge in [0, 0.05) is 17.7 Å². The van der Waals surface area contributed by atoms with Gasteiger partial charge in [0.05, 0.1) is 22.6 Å². The van der Waals surface area contributed by atoms with Crippen LogP contribution in [0.3, 0.4) is 0 Å². The zero-order valence-electron chi connectivity index (χ0n) is 17.7. The van der Waals surface area contributed by atoms with Gasteiger partial charge in [-0.15, -0.1) is 0 Å². The van der Waals surface area contributed by atoms with Crippen LogP contribution in [-0.2, 0) is 19.1 Å². The number of carbonyl (C=O) groups excluding carboxylic acids is 2. The number of benzene rings is 2. The Bertz CT molecular complexity index is 1160. The summed E-state index contributed by atoms with van der Waals surface area (Å²) in [7, 11) is 0. The predicted molar refractivity (Wildman–Crippen MR) is 121 cm³/mol. The zero-order valence-corrected chi connectivity index (χ0v) is 19.3. The highest BCUT2D eigenvalue weighted by atomic mass is 79.9. The minimum Gasteiger partial charge on any atom is -0.490 e. The van der Waals surface area contributed by atoms with Crippen molar-refractivity contribution in [1.29, 1.82) is 0 Å². The van der Waals surface area contributed by atoms with Crippen LogP contribution < -0.4 is 9.47 Å². The number of rotatable bonds is 9. The van der Waals surface area contributed by atoms with Gasteiger partial charge >= 0.3 is 11.9 Å². The third kappa shape index (κ3) is 5.95. The molecule has 0 aliphatic carbocycles. The molecule has 172 valence electrons. The fourth-order valence-electron chi connectivity index (χ4n) is 2.85. The van der Waals surface area contributed by atoms with E-state index in [0.29, 0.717) is 33.7 Å². The fourth-order valence-corrected chi connectivity index (χ4v) is 3.43. The Morgan fingerprint density at radius 1 is 1.21 bits per heavy atom. The van der Waals surface area contributed by atoms with Crippen molar-refractivity contribution in [1.82, 2.24) is 0 Å². The van der Waals surface area contributed by atoms with Gasteiger partial charge in [0.1, 0.15) is 0 Å². The summed E-state index contributed by atoms with van der Waals surface area (Å²) in [4.78, 5) is 38.6. The molecule has 0 spiro atoms. The van der Waals surface area contributed by atoms with Crippen molar-refractivity contribution in [3.8, 4) is 11.5 Å². The first-order valence-electron chi connectivity index (χ1n) is 9.84. The van der Waals surface area contributed by atoms with Crippen LogP contribution in [0.2, 0.25) is 0 Å². The maximum Gasteiger partial charge on any atom is 0.363 e. The highest BCUT2D eigenvalue weighted by molar-refractivity contribution is 9.10. The maximum absolute atomic E-state index is 12.3. The highest BCUT2D eigenvalue weighted by Crippen LogP contribution is 2.38. The summed E-state index contributed by atoms with van der Waals surface area (Å²) in [5.74, 6) is -0.601. The van der Waals surface area contributed by atoms with E-state index in [2.05, 4.69) is 20.9 Å². The number of cyclic esters (lactones) is 1. The lowest BCUT2D eigenvalue weighted by molar-refractivity contribution is -0.384. The van der Waals surface area contributed by atoms with Crippen LogP contribution in [0.5, 0.6) is 11.5 Å². The molecule has 2 aromatic rings. The van der Waals surface area contributed by atoms with Gasteiger partial charge < -0.3 is 18.9 Å². The number of non-ortho nitro benzene ring substituents is 1. The van der Waals surface area contributed by atoms with Crippen molar-refractivity contribution in [2.75, 3.05) is 19.8 Å². The Hall–Kier alpha value is -3.73. The van der Waals surface area contributed by atoms with Crippen LogP contribution in [0.4, 0.5) is 5.69 Å². The smallest absolute Gasteiger partial charge is 0.363 e. The zero-order chi connectivity index (χ0) is 24.0. The maximum atomic E-state index is 12.3. The van der Waals surface area contributed by atoms with Crippen molar-refractivity contribution in [3.05, 3.63) is 67.8 Å². The number of nitro groups is 1. The van der Waals surface area contributed by atoms with Gasteiger partial charge in [0.25, 0.3) is 5.69 Å². The quantitative estimate of drug-likeness (QED) is 0.210. The third-order valence-corrected chi connectivity index (χ3v) is 4.79. The van der Waals surface area contributed by atoms with Gasteiger partial charge in [-0.25, -0.2) is 14.6 Å². The first kappa shape index (κ1) is 23.9. The van der Waals surface area contributed by atoms with Gasteiger partial charge in [-0.1, -0.05) is 6.07 Å². The minimum atomic E-state index is -0.701. The molecule has 0 aromatic heterocycles. The molecule has 33 heavy (non-hydrogen) atoms. The van der Waals surface area contributed by atoms with Crippen LogP contribution >= 0.6 is 15.9 Å². The summed E-state index contributed by atoms with van der Waals surface area (Å²) in [6.07, 6.45) is 1.48. The van der Waals surface area contributed by atoms with Gasteiger partial charge in [-0.05, 0) is 59.6 Å². The number of nitro benzene ring substituents is 1. The number of hydrogen-bond acceptors (Lipinski definition) is 9. The molecular formula is C22H19BrN2O8. The van der Waals surface area contributed by atoms with E-state index in [1.807, 2.05) is 0 Å². The van der Waals surface area contributed by atoms with Crippen LogP contribution in [0, 0.1) is 10.1 Å². The first-order chi connectivity index (χ1) is 15.8. The molecule has 0 N–H and O–H groups in total. The summed E-state index contributed by atoms with van der Waals surface area (Å²) >= 11 is 3.39. The Kier molecular flexibility index (Phi) is 7.78. The molecule has 3 rings (SSSR count). The van der Waals surface area contributed by atoms with Gasteiger partial charge in [0.15, 0.2) is 23.8 Å². The molecule has 0 unspecified atom stereocenters. The number of ether oxygens (including phenoxy) is 4. The van der Waals surface area contributed by atoms with Crippen LogP contribution in [0.25, 0.3) is 6.08 Å². The Morgan fingerprint density at radius 2 is 2.00 bits per heavy atom.